The summed E-state index contributed by atoms with van der Waals surface area (Å²) in [6.45, 7) is 4.05. The van der Waals surface area contributed by atoms with E-state index in [0.29, 0.717) is 25.1 Å². The van der Waals surface area contributed by atoms with Crippen LogP contribution >= 0.6 is 0 Å². The number of carbonyl (C=O) groups is 1. The number of pyridine rings is 1. The minimum atomic E-state index is -0.273. The average molecular weight is 354 g/mol. The van der Waals surface area contributed by atoms with Gasteiger partial charge in [0.2, 0.25) is 11.8 Å². The molecule has 2 aromatic rings. The maximum Gasteiger partial charge on any atom is 0.224 e. The first kappa shape index (κ1) is 18.4. The summed E-state index contributed by atoms with van der Waals surface area (Å²) in [6.07, 6.45) is 3.21. The number of aryl methyl sites for hydroxylation is 2. The normalized spacial score (nSPS) is 20.2. The Morgan fingerprint density at radius 1 is 1.31 bits per heavy atom. The molecule has 0 bridgehead atoms. The summed E-state index contributed by atoms with van der Waals surface area (Å²) in [7, 11) is 1.58. The van der Waals surface area contributed by atoms with E-state index in [2.05, 4.69) is 22.4 Å². The lowest BCUT2D eigenvalue weighted by atomic mass is 9.75. The van der Waals surface area contributed by atoms with E-state index in [0.717, 1.165) is 22.3 Å². The molecule has 138 valence electrons. The van der Waals surface area contributed by atoms with Gasteiger partial charge in [-0.3, -0.25) is 4.79 Å². The van der Waals surface area contributed by atoms with Crippen molar-refractivity contribution in [3.05, 3.63) is 58.8 Å². The van der Waals surface area contributed by atoms with E-state index >= 15 is 0 Å². The molecule has 5 heteroatoms. The van der Waals surface area contributed by atoms with Crippen molar-refractivity contribution in [1.29, 1.82) is 0 Å². The van der Waals surface area contributed by atoms with Gasteiger partial charge in [0.25, 0.3) is 0 Å². The molecule has 0 radical (unpaired) electrons. The fraction of sp³-hybridized carbons (Fsp3) is 0.429. The zero-order chi connectivity index (χ0) is 18.7. The van der Waals surface area contributed by atoms with E-state index < -0.39 is 0 Å². The smallest absolute Gasteiger partial charge is 0.224 e. The van der Waals surface area contributed by atoms with Crippen molar-refractivity contribution in [3.8, 4) is 5.88 Å². The molecule has 2 N–H and O–H groups in total. The highest BCUT2D eigenvalue weighted by atomic mass is 16.5. The van der Waals surface area contributed by atoms with Crippen molar-refractivity contribution in [2.75, 3.05) is 7.11 Å². The highest BCUT2D eigenvalue weighted by molar-refractivity contribution is 5.79. The number of aromatic nitrogens is 1. The maximum absolute atomic E-state index is 12.7. The first-order chi connectivity index (χ1) is 12.5. The molecule has 3 rings (SSSR count). The number of benzene rings is 1. The molecule has 0 spiro atoms. The van der Waals surface area contributed by atoms with Crippen LogP contribution < -0.4 is 10.1 Å². The number of carbonyl (C=O) groups excluding carboxylic acids is 1. The SMILES string of the molecule is COc1ccc([C@@H](NC(=O)Cc2cc(C)ccc2C)C2CC(O)C2)cn1. The van der Waals surface area contributed by atoms with E-state index in [-0.39, 0.29) is 24.0 Å². The van der Waals surface area contributed by atoms with E-state index in [1.807, 2.05) is 26.0 Å². The molecular formula is C21H26N2O3. The summed E-state index contributed by atoms with van der Waals surface area (Å²) < 4.78 is 5.11. The molecule has 1 aromatic carbocycles. The molecule has 1 fully saturated rings. The van der Waals surface area contributed by atoms with Gasteiger partial charge in [0, 0.05) is 12.3 Å². The van der Waals surface area contributed by atoms with Crippen LogP contribution in [0.2, 0.25) is 0 Å². The third kappa shape index (κ3) is 4.22. The first-order valence-corrected chi connectivity index (χ1v) is 8.99. The molecule has 0 saturated heterocycles. The minimum Gasteiger partial charge on any atom is -0.481 e. The molecule has 5 nitrogen and oxygen atoms in total. The van der Waals surface area contributed by atoms with E-state index in [9.17, 15) is 9.90 Å². The second kappa shape index (κ2) is 7.87. The van der Waals surface area contributed by atoms with Crippen LogP contribution in [0.3, 0.4) is 0 Å². The summed E-state index contributed by atoms with van der Waals surface area (Å²) >= 11 is 0. The van der Waals surface area contributed by atoms with Crippen molar-refractivity contribution in [2.45, 2.75) is 45.3 Å². The van der Waals surface area contributed by atoms with Gasteiger partial charge >= 0.3 is 0 Å². The van der Waals surface area contributed by atoms with Crippen molar-refractivity contribution in [2.24, 2.45) is 5.92 Å². The second-order valence-electron chi connectivity index (χ2n) is 7.17. The minimum absolute atomic E-state index is 0.0130. The average Bonchev–Trinajstić information content (AvgIpc) is 2.60. The number of hydrogen-bond acceptors (Lipinski definition) is 4. The molecule has 1 heterocycles. The molecule has 1 aliphatic rings. The molecular weight excluding hydrogens is 328 g/mol. The fourth-order valence-corrected chi connectivity index (χ4v) is 3.46. The van der Waals surface area contributed by atoms with Crippen molar-refractivity contribution < 1.29 is 14.6 Å². The number of methoxy groups -OCH3 is 1. The maximum atomic E-state index is 12.7. The van der Waals surface area contributed by atoms with Crippen molar-refractivity contribution in [1.82, 2.24) is 10.3 Å². The Bertz CT molecular complexity index is 767. The van der Waals surface area contributed by atoms with Gasteiger partial charge in [-0.2, -0.15) is 0 Å². The van der Waals surface area contributed by atoms with E-state index in [1.165, 1.54) is 0 Å². The van der Waals surface area contributed by atoms with Crippen LogP contribution in [-0.4, -0.2) is 29.2 Å². The number of aliphatic hydroxyl groups excluding tert-OH is 1. The van der Waals surface area contributed by atoms with Gasteiger partial charge in [0.15, 0.2) is 0 Å². The molecule has 1 saturated carbocycles. The molecule has 1 amide bonds. The van der Waals surface area contributed by atoms with Gasteiger partial charge in [-0.1, -0.05) is 29.8 Å². The highest BCUT2D eigenvalue weighted by Gasteiger charge is 2.35. The third-order valence-electron chi connectivity index (χ3n) is 5.12. The molecule has 1 aromatic heterocycles. The first-order valence-electron chi connectivity index (χ1n) is 8.99. The van der Waals surface area contributed by atoms with Crippen LogP contribution in [0.15, 0.2) is 36.5 Å². The van der Waals surface area contributed by atoms with Crippen LogP contribution in [0.5, 0.6) is 5.88 Å². The lowest BCUT2D eigenvalue weighted by Crippen LogP contribution is -2.42. The monoisotopic (exact) mass is 354 g/mol. The van der Waals surface area contributed by atoms with Crippen LogP contribution in [0.4, 0.5) is 0 Å². The molecule has 1 aliphatic carbocycles. The molecule has 0 aliphatic heterocycles. The lowest BCUT2D eigenvalue weighted by Gasteiger charge is -2.38. The van der Waals surface area contributed by atoms with Gasteiger partial charge in [0.05, 0.1) is 25.7 Å². The van der Waals surface area contributed by atoms with E-state index in [1.54, 1.807) is 19.4 Å². The quantitative estimate of drug-likeness (QED) is 0.837. The number of hydrogen-bond donors (Lipinski definition) is 2. The topological polar surface area (TPSA) is 71.5 Å². The Balaban J connectivity index is 1.74. The van der Waals surface area contributed by atoms with Crippen LogP contribution in [0, 0.1) is 19.8 Å². The molecule has 0 unspecified atom stereocenters. The fourth-order valence-electron chi connectivity index (χ4n) is 3.46. The number of rotatable bonds is 6. The number of nitrogens with zero attached hydrogens (tertiary/aromatic N) is 1. The van der Waals surface area contributed by atoms with Crippen LogP contribution in [0.25, 0.3) is 0 Å². The second-order valence-corrected chi connectivity index (χ2v) is 7.17. The van der Waals surface area contributed by atoms with Crippen LogP contribution in [0.1, 0.15) is 41.1 Å². The standard InChI is InChI=1S/C21H26N2O3/c1-13-4-5-14(2)16(8-13)11-19(25)23-21(17-9-18(24)10-17)15-6-7-20(26-3)22-12-15/h4-8,12,17-18,21,24H,9-11H2,1-3H3,(H,23,25)/t17?,18?,21-/m1/s1. The zero-order valence-electron chi connectivity index (χ0n) is 15.5. The van der Waals surface area contributed by atoms with Gasteiger partial charge < -0.3 is 15.2 Å². The number of aliphatic hydroxyl groups is 1. The predicted molar refractivity (Wildman–Crippen MR) is 100 cm³/mol. The third-order valence-corrected chi connectivity index (χ3v) is 5.12. The summed E-state index contributed by atoms with van der Waals surface area (Å²) in [6, 6.07) is 9.75. The summed E-state index contributed by atoms with van der Waals surface area (Å²) in [5, 5.41) is 12.8. The van der Waals surface area contributed by atoms with Gasteiger partial charge in [-0.25, -0.2) is 4.98 Å². The summed E-state index contributed by atoms with van der Waals surface area (Å²) in [4.78, 5) is 16.9. The number of amides is 1. The molecule has 26 heavy (non-hydrogen) atoms. The summed E-state index contributed by atoms with van der Waals surface area (Å²) in [5.74, 6) is 0.756. The Morgan fingerprint density at radius 2 is 2.08 bits per heavy atom. The van der Waals surface area contributed by atoms with Crippen LogP contribution in [-0.2, 0) is 11.2 Å². The van der Waals surface area contributed by atoms with E-state index in [4.69, 9.17) is 4.74 Å². The molecule has 1 atom stereocenters. The van der Waals surface area contributed by atoms with Gasteiger partial charge in [-0.05, 0) is 49.3 Å². The number of ether oxygens (including phenoxy) is 1. The highest BCUT2D eigenvalue weighted by Crippen LogP contribution is 2.38. The predicted octanol–water partition coefficient (Wildman–Crippen LogP) is 2.88. The Labute approximate surface area is 154 Å². The van der Waals surface area contributed by atoms with Gasteiger partial charge in [0.1, 0.15) is 0 Å². The lowest BCUT2D eigenvalue weighted by molar-refractivity contribution is -0.122. The zero-order valence-corrected chi connectivity index (χ0v) is 15.5. The van der Waals surface area contributed by atoms with Crippen molar-refractivity contribution >= 4 is 5.91 Å². The van der Waals surface area contributed by atoms with Crippen molar-refractivity contribution in [3.63, 3.8) is 0 Å². The summed E-state index contributed by atoms with van der Waals surface area (Å²) in [5.41, 5.74) is 4.25. The van der Waals surface area contributed by atoms with Gasteiger partial charge in [-0.15, -0.1) is 0 Å². The Morgan fingerprint density at radius 3 is 2.69 bits per heavy atom. The number of nitrogens with one attached hydrogen (secondary N) is 1. The largest absolute Gasteiger partial charge is 0.481 e. The Hall–Kier alpha value is -2.40. The Kier molecular flexibility index (Phi) is 5.57.